The fraction of sp³-hybridized carbons (Fsp3) is 0.294. The van der Waals surface area contributed by atoms with Crippen LogP contribution >= 0.6 is 0 Å². The van der Waals surface area contributed by atoms with Gasteiger partial charge in [-0.3, -0.25) is 4.98 Å². The van der Waals surface area contributed by atoms with Gasteiger partial charge in [0.25, 0.3) is 0 Å². The Morgan fingerprint density at radius 1 is 1.14 bits per heavy atom. The predicted octanol–water partition coefficient (Wildman–Crippen LogP) is 2.73. The summed E-state index contributed by atoms with van der Waals surface area (Å²) in [7, 11) is 0. The Morgan fingerprint density at radius 2 is 2.05 bits per heavy atom. The molecule has 0 saturated heterocycles. The molecule has 4 nitrogen and oxygen atoms in total. The minimum Gasteiger partial charge on any atom is -0.333 e. The van der Waals surface area contributed by atoms with Crippen LogP contribution < -0.4 is 5.32 Å². The lowest BCUT2D eigenvalue weighted by Crippen LogP contribution is -2.15. The molecule has 2 heterocycles. The standard InChI is InChI=1S/C17H18N4/c1-2-4-17-16(3-1)13(7-8-18-17)10-21-11-15(20-12-21)9-19-14-5-6-14/h1-4,7-8,11-12,14,19H,5-6,9-10H2. The molecule has 0 spiro atoms. The van der Waals surface area contributed by atoms with Gasteiger partial charge >= 0.3 is 0 Å². The SMILES string of the molecule is c1ccc2c(Cn3cnc(CNC4CC4)c3)ccnc2c1. The van der Waals surface area contributed by atoms with E-state index in [1.807, 2.05) is 18.6 Å². The van der Waals surface area contributed by atoms with Gasteiger partial charge in [0.05, 0.1) is 17.5 Å². The highest BCUT2D eigenvalue weighted by molar-refractivity contribution is 5.81. The summed E-state index contributed by atoms with van der Waals surface area (Å²) in [6, 6.07) is 11.1. The van der Waals surface area contributed by atoms with Crippen LogP contribution in [0.4, 0.5) is 0 Å². The second-order valence-corrected chi connectivity index (χ2v) is 5.68. The Balaban J connectivity index is 1.53. The highest BCUT2D eigenvalue weighted by Gasteiger charge is 2.20. The first-order chi connectivity index (χ1) is 10.4. The van der Waals surface area contributed by atoms with Gasteiger partial charge in [-0.15, -0.1) is 0 Å². The Morgan fingerprint density at radius 3 is 2.95 bits per heavy atom. The predicted molar refractivity (Wildman–Crippen MR) is 82.9 cm³/mol. The van der Waals surface area contributed by atoms with Gasteiger partial charge in [0.15, 0.2) is 0 Å². The third-order valence-corrected chi connectivity index (χ3v) is 3.93. The van der Waals surface area contributed by atoms with Crippen LogP contribution in [0, 0.1) is 0 Å². The molecule has 0 radical (unpaired) electrons. The molecule has 4 heteroatoms. The molecule has 4 rings (SSSR count). The smallest absolute Gasteiger partial charge is 0.0953 e. The van der Waals surface area contributed by atoms with Crippen molar-refractivity contribution in [2.75, 3.05) is 0 Å². The number of hydrogen-bond acceptors (Lipinski definition) is 3. The molecule has 3 aromatic rings. The summed E-state index contributed by atoms with van der Waals surface area (Å²) in [6.45, 7) is 1.70. The molecule has 0 amide bonds. The molecule has 21 heavy (non-hydrogen) atoms. The lowest BCUT2D eigenvalue weighted by Gasteiger charge is -2.06. The third-order valence-electron chi connectivity index (χ3n) is 3.93. The molecule has 106 valence electrons. The van der Waals surface area contributed by atoms with Crippen molar-refractivity contribution in [3.8, 4) is 0 Å². The maximum absolute atomic E-state index is 4.48. The van der Waals surface area contributed by atoms with E-state index in [1.54, 1.807) is 0 Å². The van der Waals surface area contributed by atoms with Crippen molar-refractivity contribution in [3.63, 3.8) is 0 Å². The molecule has 1 saturated carbocycles. The average molecular weight is 278 g/mol. The second kappa shape index (κ2) is 5.30. The first kappa shape index (κ1) is 12.5. The number of aromatic nitrogens is 3. The van der Waals surface area contributed by atoms with Gasteiger partial charge in [-0.2, -0.15) is 0 Å². The van der Waals surface area contributed by atoms with E-state index in [-0.39, 0.29) is 0 Å². The van der Waals surface area contributed by atoms with Crippen molar-refractivity contribution in [1.82, 2.24) is 19.9 Å². The molecule has 0 atom stereocenters. The molecule has 1 aromatic carbocycles. The lowest BCUT2D eigenvalue weighted by molar-refractivity contribution is 0.676. The second-order valence-electron chi connectivity index (χ2n) is 5.68. The first-order valence-electron chi connectivity index (χ1n) is 7.45. The molecule has 1 aliphatic rings. The molecule has 1 fully saturated rings. The van der Waals surface area contributed by atoms with Gasteiger partial charge in [-0.1, -0.05) is 18.2 Å². The molecule has 2 aromatic heterocycles. The first-order valence-corrected chi connectivity index (χ1v) is 7.45. The Bertz CT molecular complexity index is 753. The summed E-state index contributed by atoms with van der Waals surface area (Å²) < 4.78 is 2.14. The fourth-order valence-electron chi connectivity index (χ4n) is 2.61. The molecule has 0 bridgehead atoms. The number of imidazole rings is 1. The minimum atomic E-state index is 0.722. The minimum absolute atomic E-state index is 0.722. The van der Waals surface area contributed by atoms with Crippen LogP contribution in [0.5, 0.6) is 0 Å². The van der Waals surface area contributed by atoms with Gasteiger partial charge < -0.3 is 9.88 Å². The van der Waals surface area contributed by atoms with Gasteiger partial charge in [0.2, 0.25) is 0 Å². The zero-order valence-electron chi connectivity index (χ0n) is 11.9. The van der Waals surface area contributed by atoms with Crippen LogP contribution in [0.25, 0.3) is 10.9 Å². The van der Waals surface area contributed by atoms with Gasteiger partial charge in [0, 0.05) is 36.9 Å². The number of fused-ring (bicyclic) bond motifs is 1. The highest BCUT2D eigenvalue weighted by atomic mass is 15.1. The van der Waals surface area contributed by atoms with Gasteiger partial charge in [-0.25, -0.2) is 4.98 Å². The Labute approximate surface area is 123 Å². The van der Waals surface area contributed by atoms with Crippen LogP contribution in [0.2, 0.25) is 0 Å². The number of benzene rings is 1. The van der Waals surface area contributed by atoms with Crippen molar-refractivity contribution in [2.45, 2.75) is 32.0 Å². The van der Waals surface area contributed by atoms with Crippen molar-refractivity contribution >= 4 is 10.9 Å². The van der Waals surface area contributed by atoms with Crippen LogP contribution in [0.15, 0.2) is 49.1 Å². The number of pyridine rings is 1. The number of nitrogens with one attached hydrogen (secondary N) is 1. The summed E-state index contributed by atoms with van der Waals surface area (Å²) in [6.07, 6.45) is 8.54. The van der Waals surface area contributed by atoms with Gasteiger partial charge in [0.1, 0.15) is 0 Å². The summed E-state index contributed by atoms with van der Waals surface area (Å²) in [5.41, 5.74) is 3.44. The average Bonchev–Trinajstić information content (AvgIpc) is 3.25. The molecule has 1 N–H and O–H groups in total. The lowest BCUT2D eigenvalue weighted by atomic mass is 10.1. The molecule has 0 unspecified atom stereocenters. The van der Waals surface area contributed by atoms with E-state index in [4.69, 9.17) is 0 Å². The Hall–Kier alpha value is -2.20. The topological polar surface area (TPSA) is 42.7 Å². The van der Waals surface area contributed by atoms with E-state index in [2.05, 4.69) is 50.3 Å². The zero-order valence-corrected chi connectivity index (χ0v) is 11.9. The third kappa shape index (κ3) is 2.81. The van der Waals surface area contributed by atoms with E-state index < -0.39 is 0 Å². The van der Waals surface area contributed by atoms with Crippen molar-refractivity contribution in [2.24, 2.45) is 0 Å². The largest absolute Gasteiger partial charge is 0.333 e. The van der Waals surface area contributed by atoms with Crippen LogP contribution in [-0.2, 0) is 13.1 Å². The monoisotopic (exact) mass is 278 g/mol. The molecular weight excluding hydrogens is 260 g/mol. The van der Waals surface area contributed by atoms with E-state index in [9.17, 15) is 0 Å². The van der Waals surface area contributed by atoms with E-state index in [0.29, 0.717) is 0 Å². The van der Waals surface area contributed by atoms with Crippen molar-refractivity contribution in [1.29, 1.82) is 0 Å². The summed E-state index contributed by atoms with van der Waals surface area (Å²) in [5.74, 6) is 0. The van der Waals surface area contributed by atoms with E-state index in [1.165, 1.54) is 23.8 Å². The summed E-state index contributed by atoms with van der Waals surface area (Å²) >= 11 is 0. The van der Waals surface area contributed by atoms with Crippen LogP contribution in [0.1, 0.15) is 24.1 Å². The number of nitrogens with zero attached hydrogens (tertiary/aromatic N) is 3. The zero-order chi connectivity index (χ0) is 14.1. The van der Waals surface area contributed by atoms with E-state index >= 15 is 0 Å². The van der Waals surface area contributed by atoms with Crippen molar-refractivity contribution in [3.05, 3.63) is 60.3 Å². The summed E-state index contributed by atoms with van der Waals surface area (Å²) in [5, 5.41) is 4.71. The van der Waals surface area contributed by atoms with Crippen molar-refractivity contribution < 1.29 is 0 Å². The van der Waals surface area contributed by atoms with Gasteiger partial charge in [-0.05, 0) is 30.5 Å². The quantitative estimate of drug-likeness (QED) is 0.780. The Kier molecular flexibility index (Phi) is 3.16. The number of hydrogen-bond donors (Lipinski definition) is 1. The highest BCUT2D eigenvalue weighted by Crippen LogP contribution is 2.19. The normalized spacial score (nSPS) is 14.7. The number of para-hydroxylation sites is 1. The maximum Gasteiger partial charge on any atom is 0.0953 e. The molecule has 1 aliphatic carbocycles. The molecule has 0 aliphatic heterocycles. The van der Waals surface area contributed by atoms with E-state index in [0.717, 1.165) is 30.3 Å². The molecular formula is C17H18N4. The summed E-state index contributed by atoms with van der Waals surface area (Å²) in [4.78, 5) is 8.89. The maximum atomic E-state index is 4.48. The van der Waals surface area contributed by atoms with Crippen LogP contribution in [0.3, 0.4) is 0 Å². The van der Waals surface area contributed by atoms with Crippen LogP contribution in [-0.4, -0.2) is 20.6 Å². The number of rotatable bonds is 5. The fourth-order valence-corrected chi connectivity index (χ4v) is 2.61.